The van der Waals surface area contributed by atoms with Crippen molar-refractivity contribution in [2.45, 2.75) is 52.0 Å². The average Bonchev–Trinajstić information content (AvgIpc) is 3.02. The molecule has 0 aromatic heterocycles. The Bertz CT molecular complexity index is 353. The molecular weight excluding hydrogens is 236 g/mol. The molecule has 2 aliphatic carbocycles. The van der Waals surface area contributed by atoms with Gasteiger partial charge in [0, 0.05) is 19.1 Å². The summed E-state index contributed by atoms with van der Waals surface area (Å²) in [6.45, 7) is 6.50. The van der Waals surface area contributed by atoms with Crippen LogP contribution in [0.3, 0.4) is 0 Å². The summed E-state index contributed by atoms with van der Waals surface area (Å²) in [5.41, 5.74) is 6.30. The molecule has 19 heavy (non-hydrogen) atoms. The van der Waals surface area contributed by atoms with Crippen LogP contribution >= 0.6 is 0 Å². The molecule has 1 aliphatic heterocycles. The molecule has 5 unspecified atom stereocenters. The van der Waals surface area contributed by atoms with Crippen LogP contribution < -0.4 is 5.73 Å². The molecule has 3 rings (SSSR count). The lowest BCUT2D eigenvalue weighted by atomic mass is 9.84. The van der Waals surface area contributed by atoms with Gasteiger partial charge in [0.05, 0.1) is 5.92 Å². The summed E-state index contributed by atoms with van der Waals surface area (Å²) in [5.74, 6) is 3.22. The molecule has 1 heterocycles. The molecule has 1 saturated heterocycles. The molecule has 2 N–H and O–H groups in total. The summed E-state index contributed by atoms with van der Waals surface area (Å²) in [6, 6.07) is 0.149. The van der Waals surface area contributed by atoms with Crippen molar-refractivity contribution in [2.24, 2.45) is 35.3 Å². The first-order chi connectivity index (χ1) is 9.06. The van der Waals surface area contributed by atoms with Crippen molar-refractivity contribution < 1.29 is 4.79 Å². The van der Waals surface area contributed by atoms with E-state index in [-0.39, 0.29) is 12.0 Å². The molecule has 3 heteroatoms. The fourth-order valence-corrected chi connectivity index (χ4v) is 4.80. The van der Waals surface area contributed by atoms with Gasteiger partial charge < -0.3 is 10.6 Å². The van der Waals surface area contributed by atoms with E-state index < -0.39 is 0 Å². The fourth-order valence-electron chi connectivity index (χ4n) is 4.80. The Morgan fingerprint density at radius 3 is 2.63 bits per heavy atom. The maximum Gasteiger partial charge on any atom is 0.227 e. The lowest BCUT2D eigenvalue weighted by molar-refractivity contribution is -0.136. The maximum atomic E-state index is 12.7. The average molecular weight is 264 g/mol. The van der Waals surface area contributed by atoms with Crippen molar-refractivity contribution in [3.63, 3.8) is 0 Å². The van der Waals surface area contributed by atoms with Gasteiger partial charge >= 0.3 is 0 Å². The van der Waals surface area contributed by atoms with Gasteiger partial charge in [-0.25, -0.2) is 0 Å². The van der Waals surface area contributed by atoms with Gasteiger partial charge in [-0.1, -0.05) is 13.8 Å². The normalized spacial score (nSPS) is 41.5. The first-order valence-corrected chi connectivity index (χ1v) is 8.10. The molecule has 3 fully saturated rings. The Labute approximate surface area is 116 Å². The molecule has 0 aromatic carbocycles. The largest absolute Gasteiger partial charge is 0.342 e. The van der Waals surface area contributed by atoms with Gasteiger partial charge in [-0.05, 0) is 55.8 Å². The Kier molecular flexibility index (Phi) is 3.59. The van der Waals surface area contributed by atoms with E-state index in [1.807, 2.05) is 0 Å². The highest BCUT2D eigenvalue weighted by atomic mass is 16.2. The van der Waals surface area contributed by atoms with E-state index in [4.69, 9.17) is 5.73 Å². The van der Waals surface area contributed by atoms with Crippen molar-refractivity contribution in [3.8, 4) is 0 Å². The smallest absolute Gasteiger partial charge is 0.227 e. The lowest BCUT2D eigenvalue weighted by Gasteiger charge is -2.30. The predicted molar refractivity (Wildman–Crippen MR) is 76.4 cm³/mol. The van der Waals surface area contributed by atoms with E-state index in [0.29, 0.717) is 17.7 Å². The third kappa shape index (κ3) is 2.42. The van der Waals surface area contributed by atoms with Crippen molar-refractivity contribution >= 4 is 5.91 Å². The number of hydrogen-bond donors (Lipinski definition) is 1. The van der Waals surface area contributed by atoms with Crippen LogP contribution in [0.1, 0.15) is 46.0 Å². The number of amides is 1. The van der Waals surface area contributed by atoms with Crippen molar-refractivity contribution in [1.82, 2.24) is 4.90 Å². The van der Waals surface area contributed by atoms with Crippen LogP contribution in [0.5, 0.6) is 0 Å². The molecule has 1 amide bonds. The number of nitrogens with two attached hydrogens (primary N) is 1. The number of likely N-dealkylation sites (tertiary alicyclic amines) is 1. The monoisotopic (exact) mass is 264 g/mol. The summed E-state index contributed by atoms with van der Waals surface area (Å²) in [5, 5.41) is 0. The minimum Gasteiger partial charge on any atom is -0.342 e. The molecule has 0 aromatic rings. The highest BCUT2D eigenvalue weighted by Gasteiger charge is 2.50. The van der Waals surface area contributed by atoms with E-state index in [1.165, 1.54) is 32.1 Å². The molecule has 0 radical (unpaired) electrons. The molecule has 2 saturated carbocycles. The summed E-state index contributed by atoms with van der Waals surface area (Å²) in [7, 11) is 0. The molecule has 2 bridgehead atoms. The minimum absolute atomic E-state index is 0.149. The highest BCUT2D eigenvalue weighted by Crippen LogP contribution is 2.48. The van der Waals surface area contributed by atoms with Crippen molar-refractivity contribution in [3.05, 3.63) is 0 Å². The summed E-state index contributed by atoms with van der Waals surface area (Å²) < 4.78 is 0. The Morgan fingerprint density at radius 2 is 2.00 bits per heavy atom. The van der Waals surface area contributed by atoms with Crippen LogP contribution in [0, 0.1) is 29.6 Å². The highest BCUT2D eigenvalue weighted by molar-refractivity contribution is 5.80. The standard InChI is InChI=1S/C16H28N2O/c1-10(2)7-11-5-6-18(9-11)16(19)14-12-3-4-13(8-12)15(14)17/h10-15H,3-9,17H2,1-2H3. The first-order valence-electron chi connectivity index (χ1n) is 8.10. The number of rotatable bonds is 3. The number of nitrogens with zero attached hydrogens (tertiary/aromatic N) is 1. The van der Waals surface area contributed by atoms with Crippen LogP contribution in [0.2, 0.25) is 0 Å². The summed E-state index contributed by atoms with van der Waals surface area (Å²) >= 11 is 0. The van der Waals surface area contributed by atoms with Crippen molar-refractivity contribution in [2.75, 3.05) is 13.1 Å². The van der Waals surface area contributed by atoms with Gasteiger partial charge in [-0.15, -0.1) is 0 Å². The molecule has 108 valence electrons. The summed E-state index contributed by atoms with van der Waals surface area (Å²) in [6.07, 6.45) is 6.15. The predicted octanol–water partition coefficient (Wildman–Crippen LogP) is 2.25. The Morgan fingerprint density at radius 1 is 1.26 bits per heavy atom. The van der Waals surface area contributed by atoms with Gasteiger partial charge in [-0.2, -0.15) is 0 Å². The van der Waals surface area contributed by atoms with Gasteiger partial charge in [-0.3, -0.25) is 4.79 Å². The van der Waals surface area contributed by atoms with E-state index in [0.717, 1.165) is 24.9 Å². The second kappa shape index (κ2) is 5.08. The topological polar surface area (TPSA) is 46.3 Å². The zero-order valence-electron chi connectivity index (χ0n) is 12.3. The number of carbonyl (C=O) groups excluding carboxylic acids is 1. The van der Waals surface area contributed by atoms with Gasteiger partial charge in [0.2, 0.25) is 5.91 Å². The Hall–Kier alpha value is -0.570. The van der Waals surface area contributed by atoms with Crippen LogP contribution in [0.4, 0.5) is 0 Å². The fraction of sp³-hybridized carbons (Fsp3) is 0.938. The Balaban J connectivity index is 1.60. The lowest BCUT2D eigenvalue weighted by Crippen LogP contribution is -2.46. The van der Waals surface area contributed by atoms with Crippen LogP contribution in [-0.2, 0) is 4.79 Å². The molecule has 3 aliphatic rings. The van der Waals surface area contributed by atoms with Gasteiger partial charge in [0.25, 0.3) is 0 Å². The number of hydrogen-bond acceptors (Lipinski definition) is 2. The van der Waals surface area contributed by atoms with Crippen molar-refractivity contribution in [1.29, 1.82) is 0 Å². The minimum atomic E-state index is 0.149. The van der Waals surface area contributed by atoms with E-state index in [2.05, 4.69) is 18.7 Å². The van der Waals surface area contributed by atoms with Crippen LogP contribution in [0.15, 0.2) is 0 Å². The zero-order valence-corrected chi connectivity index (χ0v) is 12.3. The number of fused-ring (bicyclic) bond motifs is 2. The van der Waals surface area contributed by atoms with Gasteiger partial charge in [0.15, 0.2) is 0 Å². The van der Waals surface area contributed by atoms with E-state index >= 15 is 0 Å². The second-order valence-electron chi connectivity index (χ2n) is 7.50. The maximum absolute atomic E-state index is 12.7. The van der Waals surface area contributed by atoms with Gasteiger partial charge in [0.1, 0.15) is 0 Å². The van der Waals surface area contributed by atoms with E-state index in [9.17, 15) is 4.79 Å². The van der Waals surface area contributed by atoms with Crippen LogP contribution in [0.25, 0.3) is 0 Å². The molecule has 3 nitrogen and oxygen atoms in total. The van der Waals surface area contributed by atoms with E-state index in [1.54, 1.807) is 0 Å². The van der Waals surface area contributed by atoms with Crippen LogP contribution in [-0.4, -0.2) is 29.9 Å². The third-order valence-corrected chi connectivity index (χ3v) is 5.67. The number of carbonyl (C=O) groups is 1. The SMILES string of the molecule is CC(C)CC1CCN(C(=O)C2C3CCC(C3)C2N)C1. The summed E-state index contributed by atoms with van der Waals surface area (Å²) in [4.78, 5) is 14.8. The quantitative estimate of drug-likeness (QED) is 0.850. The molecule has 5 atom stereocenters. The third-order valence-electron chi connectivity index (χ3n) is 5.67. The first kappa shape index (κ1) is 13.4. The second-order valence-corrected chi connectivity index (χ2v) is 7.50. The zero-order chi connectivity index (χ0) is 13.6. The molecule has 0 spiro atoms. The molecular formula is C16H28N2O.